The highest BCUT2D eigenvalue weighted by Gasteiger charge is 2.17. The molecule has 24 heavy (non-hydrogen) atoms. The van der Waals surface area contributed by atoms with E-state index in [0.29, 0.717) is 0 Å². The number of fused-ring (bicyclic) bond motifs is 1. The summed E-state index contributed by atoms with van der Waals surface area (Å²) in [6.45, 7) is 6.95. The first-order valence-corrected chi connectivity index (χ1v) is 8.19. The summed E-state index contributed by atoms with van der Waals surface area (Å²) in [4.78, 5) is 21.2. The van der Waals surface area contributed by atoms with Crippen LogP contribution in [0.3, 0.4) is 0 Å². The van der Waals surface area contributed by atoms with Gasteiger partial charge >= 0.3 is 0 Å². The third kappa shape index (κ3) is 3.15. The highest BCUT2D eigenvalue weighted by atomic mass is 16.2. The Hall–Kier alpha value is -2.70. The van der Waals surface area contributed by atoms with Gasteiger partial charge < -0.3 is 9.88 Å². The Balaban J connectivity index is 1.73. The predicted molar refractivity (Wildman–Crippen MR) is 91.3 cm³/mol. The number of amides is 1. The first kappa shape index (κ1) is 16.2. The van der Waals surface area contributed by atoms with Gasteiger partial charge in [-0.05, 0) is 32.4 Å². The molecular weight excluding hydrogens is 304 g/mol. The fourth-order valence-electron chi connectivity index (χ4n) is 2.88. The van der Waals surface area contributed by atoms with Gasteiger partial charge in [-0.15, -0.1) is 0 Å². The second kappa shape index (κ2) is 6.82. The van der Waals surface area contributed by atoms with Gasteiger partial charge in [-0.25, -0.2) is 14.6 Å². The Morgan fingerprint density at radius 2 is 2.12 bits per heavy atom. The highest BCUT2D eigenvalue weighted by molar-refractivity contribution is 5.81. The number of imidazole rings is 1. The minimum Gasteiger partial charge on any atom is -0.345 e. The molecule has 0 spiro atoms. The predicted octanol–water partition coefficient (Wildman–Crippen LogP) is 2.22. The molecule has 126 valence electrons. The molecule has 3 rings (SSSR count). The quantitative estimate of drug-likeness (QED) is 0.753. The average Bonchev–Trinajstić information content (AvgIpc) is 3.13. The molecule has 0 aliphatic heterocycles. The van der Waals surface area contributed by atoms with Crippen molar-refractivity contribution in [2.75, 3.05) is 0 Å². The topological polar surface area (TPSA) is 77.6 Å². The van der Waals surface area contributed by atoms with Crippen LogP contribution >= 0.6 is 0 Å². The largest absolute Gasteiger partial charge is 0.345 e. The zero-order valence-corrected chi connectivity index (χ0v) is 14.2. The van der Waals surface area contributed by atoms with Crippen molar-refractivity contribution in [2.24, 2.45) is 0 Å². The van der Waals surface area contributed by atoms with Crippen molar-refractivity contribution in [2.45, 2.75) is 46.3 Å². The van der Waals surface area contributed by atoms with Crippen molar-refractivity contribution >= 4 is 16.9 Å². The van der Waals surface area contributed by atoms with Crippen molar-refractivity contribution in [3.63, 3.8) is 0 Å². The molecule has 0 fully saturated rings. The zero-order chi connectivity index (χ0) is 17.1. The number of hydrogen-bond donors (Lipinski definition) is 1. The number of carbonyl (C=O) groups excluding carboxylic acids is 1. The first-order chi connectivity index (χ1) is 11.6. The van der Waals surface area contributed by atoms with Gasteiger partial charge in [-0.1, -0.05) is 19.1 Å². The van der Waals surface area contributed by atoms with E-state index in [1.165, 1.54) is 6.33 Å². The molecule has 7 nitrogen and oxygen atoms in total. The maximum absolute atomic E-state index is 12.5. The number of rotatable bonds is 6. The van der Waals surface area contributed by atoms with Crippen molar-refractivity contribution in [3.8, 4) is 0 Å². The zero-order valence-electron chi connectivity index (χ0n) is 14.2. The number of aromatic nitrogens is 5. The Bertz CT molecular complexity index is 850. The minimum absolute atomic E-state index is 0.0696. The lowest BCUT2D eigenvalue weighted by Gasteiger charge is -2.15. The molecule has 2 heterocycles. The lowest BCUT2D eigenvalue weighted by molar-refractivity contribution is -0.122. The molecule has 0 aliphatic carbocycles. The second-order valence-corrected chi connectivity index (χ2v) is 5.86. The van der Waals surface area contributed by atoms with E-state index in [9.17, 15) is 4.79 Å². The van der Waals surface area contributed by atoms with E-state index in [1.54, 1.807) is 0 Å². The first-order valence-electron chi connectivity index (χ1n) is 8.19. The molecule has 0 bridgehead atoms. The van der Waals surface area contributed by atoms with E-state index >= 15 is 0 Å². The summed E-state index contributed by atoms with van der Waals surface area (Å²) in [5.41, 5.74) is 1.87. The smallest absolute Gasteiger partial charge is 0.240 e. The van der Waals surface area contributed by atoms with Gasteiger partial charge in [-0.3, -0.25) is 4.79 Å². The van der Waals surface area contributed by atoms with E-state index in [0.717, 1.165) is 35.6 Å². The van der Waals surface area contributed by atoms with Crippen LogP contribution in [0.5, 0.6) is 0 Å². The summed E-state index contributed by atoms with van der Waals surface area (Å²) < 4.78 is 3.76. The summed E-state index contributed by atoms with van der Waals surface area (Å²) >= 11 is 0. The van der Waals surface area contributed by atoms with Gasteiger partial charge in [-0.2, -0.15) is 5.10 Å². The SMILES string of the molecule is CCCn1ncnc1[C@@H](C)NC(=O)Cn1c(C)nc2ccccc21. The Kier molecular flexibility index (Phi) is 4.59. The summed E-state index contributed by atoms with van der Waals surface area (Å²) in [6.07, 6.45) is 2.50. The number of aryl methyl sites for hydroxylation is 2. The van der Waals surface area contributed by atoms with Crippen LogP contribution in [0, 0.1) is 6.92 Å². The van der Waals surface area contributed by atoms with Gasteiger partial charge in [0.05, 0.1) is 17.1 Å². The van der Waals surface area contributed by atoms with Crippen LogP contribution in [0.1, 0.15) is 38.0 Å². The minimum atomic E-state index is -0.193. The fourth-order valence-corrected chi connectivity index (χ4v) is 2.88. The molecule has 7 heteroatoms. The van der Waals surface area contributed by atoms with Gasteiger partial charge in [0, 0.05) is 6.54 Å². The summed E-state index contributed by atoms with van der Waals surface area (Å²) in [5, 5.41) is 7.20. The number of nitrogens with one attached hydrogen (secondary N) is 1. The molecule has 1 N–H and O–H groups in total. The van der Waals surface area contributed by atoms with E-state index in [-0.39, 0.29) is 18.5 Å². The molecule has 1 amide bonds. The molecule has 1 aromatic carbocycles. The molecule has 0 unspecified atom stereocenters. The summed E-state index contributed by atoms with van der Waals surface area (Å²) in [6, 6.07) is 7.63. The van der Waals surface area contributed by atoms with Crippen molar-refractivity contribution < 1.29 is 4.79 Å². The van der Waals surface area contributed by atoms with Crippen LogP contribution in [0.2, 0.25) is 0 Å². The van der Waals surface area contributed by atoms with Crippen molar-refractivity contribution in [1.82, 2.24) is 29.6 Å². The van der Waals surface area contributed by atoms with Gasteiger partial charge in [0.15, 0.2) is 0 Å². The highest BCUT2D eigenvalue weighted by Crippen LogP contribution is 2.15. The van der Waals surface area contributed by atoms with Crippen LogP contribution in [0.15, 0.2) is 30.6 Å². The van der Waals surface area contributed by atoms with Crippen LogP contribution in [-0.2, 0) is 17.9 Å². The van der Waals surface area contributed by atoms with Crippen LogP contribution in [-0.4, -0.2) is 30.2 Å². The second-order valence-electron chi connectivity index (χ2n) is 5.86. The molecule has 2 aromatic heterocycles. The number of nitrogens with zero attached hydrogens (tertiary/aromatic N) is 5. The van der Waals surface area contributed by atoms with Crippen molar-refractivity contribution in [1.29, 1.82) is 0 Å². The van der Waals surface area contributed by atoms with E-state index in [1.807, 2.05) is 47.4 Å². The van der Waals surface area contributed by atoms with Gasteiger partial charge in [0.25, 0.3) is 0 Å². The molecule has 0 saturated carbocycles. The molecular formula is C17H22N6O. The van der Waals surface area contributed by atoms with Gasteiger partial charge in [0.1, 0.15) is 24.5 Å². The Morgan fingerprint density at radius 3 is 2.92 bits per heavy atom. The average molecular weight is 326 g/mol. The van der Waals surface area contributed by atoms with Gasteiger partial charge in [0.2, 0.25) is 5.91 Å². The maximum Gasteiger partial charge on any atom is 0.240 e. The standard InChI is InChI=1S/C17H22N6O/c1-4-9-23-17(18-11-19-23)12(2)20-16(24)10-22-13(3)21-14-7-5-6-8-15(14)22/h5-8,11-12H,4,9-10H2,1-3H3,(H,20,24)/t12-/m1/s1. The molecule has 1 atom stereocenters. The van der Waals surface area contributed by atoms with Crippen LogP contribution in [0.4, 0.5) is 0 Å². The van der Waals surface area contributed by atoms with Crippen LogP contribution in [0.25, 0.3) is 11.0 Å². The third-order valence-corrected chi connectivity index (χ3v) is 3.99. The monoisotopic (exact) mass is 326 g/mol. The molecule has 0 aliphatic rings. The van der Waals surface area contributed by atoms with E-state index in [4.69, 9.17) is 0 Å². The summed E-state index contributed by atoms with van der Waals surface area (Å²) in [7, 11) is 0. The van der Waals surface area contributed by atoms with E-state index in [2.05, 4.69) is 27.3 Å². The Labute approximate surface area is 140 Å². The lowest BCUT2D eigenvalue weighted by atomic mass is 10.3. The fraction of sp³-hybridized carbons (Fsp3) is 0.412. The molecule has 3 aromatic rings. The third-order valence-electron chi connectivity index (χ3n) is 3.99. The maximum atomic E-state index is 12.5. The lowest BCUT2D eigenvalue weighted by Crippen LogP contribution is -2.32. The number of para-hydroxylation sites is 2. The number of hydrogen-bond acceptors (Lipinski definition) is 4. The molecule has 0 radical (unpaired) electrons. The van der Waals surface area contributed by atoms with Crippen molar-refractivity contribution in [3.05, 3.63) is 42.2 Å². The molecule has 0 saturated heterocycles. The summed E-state index contributed by atoms with van der Waals surface area (Å²) in [5.74, 6) is 1.53. The van der Waals surface area contributed by atoms with E-state index < -0.39 is 0 Å². The normalized spacial score (nSPS) is 12.5. The Morgan fingerprint density at radius 1 is 1.33 bits per heavy atom. The number of carbonyl (C=O) groups is 1. The van der Waals surface area contributed by atoms with Crippen LogP contribution < -0.4 is 5.32 Å². The number of benzene rings is 1.